The van der Waals surface area contributed by atoms with Crippen LogP contribution < -0.4 is 0 Å². The van der Waals surface area contributed by atoms with Crippen LogP contribution in [0.1, 0.15) is 131 Å². The van der Waals surface area contributed by atoms with Gasteiger partial charge in [0, 0.05) is 24.3 Å². The molecule has 1 aliphatic carbocycles. The smallest absolute Gasteiger partial charge is 0.311 e. The van der Waals surface area contributed by atoms with Gasteiger partial charge in [-0.2, -0.15) is 0 Å². The van der Waals surface area contributed by atoms with E-state index in [1.165, 1.54) is 6.92 Å². The number of allylic oxidation sites excluding steroid dienone is 1. The van der Waals surface area contributed by atoms with Crippen molar-refractivity contribution in [1.29, 1.82) is 0 Å². The molecule has 0 aromatic carbocycles. The van der Waals surface area contributed by atoms with E-state index in [2.05, 4.69) is 11.8 Å². The van der Waals surface area contributed by atoms with E-state index in [0.717, 1.165) is 11.1 Å². The third kappa shape index (κ3) is 13.1. The van der Waals surface area contributed by atoms with E-state index in [-0.39, 0.29) is 12.1 Å². The molecule has 12 heteroatoms. The maximum Gasteiger partial charge on any atom is 0.311 e. The first-order valence-electron chi connectivity index (χ1n) is 18.3. The average Bonchev–Trinajstić information content (AvgIpc) is 2.95. The van der Waals surface area contributed by atoms with Crippen molar-refractivity contribution in [1.82, 2.24) is 0 Å². The third-order valence-electron chi connectivity index (χ3n) is 8.60. The number of esters is 5. The Hall–Kier alpha value is -3.43. The molecule has 0 bridgehead atoms. The highest BCUT2D eigenvalue weighted by molar-refractivity contribution is 5.78. The van der Waals surface area contributed by atoms with E-state index in [9.17, 15) is 24.0 Å². The number of ether oxygens (including phenoxy) is 7. The predicted octanol–water partition coefficient (Wildman–Crippen LogP) is 6.65. The highest BCUT2D eigenvalue weighted by Crippen LogP contribution is 2.41. The Morgan fingerprint density at radius 1 is 0.736 bits per heavy atom. The maximum atomic E-state index is 13.5. The van der Waals surface area contributed by atoms with Crippen LogP contribution in [-0.2, 0) is 57.1 Å². The second-order valence-corrected chi connectivity index (χ2v) is 19.0. The first-order valence-corrected chi connectivity index (χ1v) is 18.3. The lowest BCUT2D eigenvalue weighted by Crippen LogP contribution is -2.64. The summed E-state index contributed by atoms with van der Waals surface area (Å²) in [5.41, 5.74) is -2.39. The molecule has 53 heavy (non-hydrogen) atoms. The van der Waals surface area contributed by atoms with Crippen LogP contribution in [0, 0.1) is 38.9 Å². The molecule has 0 spiro atoms. The number of rotatable bonds is 8. The molecule has 1 heterocycles. The molecule has 7 atom stereocenters. The fourth-order valence-corrected chi connectivity index (χ4v) is 5.57. The maximum absolute atomic E-state index is 13.5. The Kier molecular flexibility index (Phi) is 14.6. The lowest BCUT2D eigenvalue weighted by Gasteiger charge is -2.46. The van der Waals surface area contributed by atoms with Gasteiger partial charge in [-0.15, -0.1) is 0 Å². The van der Waals surface area contributed by atoms with E-state index in [1.54, 1.807) is 90.0 Å². The zero-order valence-electron chi connectivity index (χ0n) is 35.1. The van der Waals surface area contributed by atoms with Crippen molar-refractivity contribution in [2.24, 2.45) is 27.1 Å². The molecule has 2 aliphatic rings. The summed E-state index contributed by atoms with van der Waals surface area (Å²) >= 11 is 0. The van der Waals surface area contributed by atoms with Crippen LogP contribution in [0.5, 0.6) is 0 Å². The lowest BCUT2D eigenvalue weighted by atomic mass is 9.72. The molecular formula is C41H64O12. The Balaban J connectivity index is 2.70. The van der Waals surface area contributed by atoms with E-state index < -0.39 is 94.4 Å². The largest absolute Gasteiger partial charge is 0.462 e. The topological polar surface area (TPSA) is 150 Å². The molecular weight excluding hydrogens is 684 g/mol. The summed E-state index contributed by atoms with van der Waals surface area (Å²) in [7, 11) is 0. The summed E-state index contributed by atoms with van der Waals surface area (Å²) < 4.78 is 42.1. The first kappa shape index (κ1) is 45.7. The van der Waals surface area contributed by atoms with Crippen LogP contribution in [0.15, 0.2) is 11.1 Å². The predicted molar refractivity (Wildman–Crippen MR) is 197 cm³/mol. The molecule has 1 fully saturated rings. The third-order valence-corrected chi connectivity index (χ3v) is 8.60. The Morgan fingerprint density at radius 2 is 1.19 bits per heavy atom. The van der Waals surface area contributed by atoms with Crippen LogP contribution >= 0.6 is 0 Å². The zero-order valence-corrected chi connectivity index (χ0v) is 35.1. The summed E-state index contributed by atoms with van der Waals surface area (Å²) in [5.74, 6) is 3.56. The summed E-state index contributed by atoms with van der Waals surface area (Å²) in [6.45, 7) is 28.7. The Labute approximate surface area is 316 Å². The number of carbonyl (C=O) groups is 5. The van der Waals surface area contributed by atoms with Gasteiger partial charge in [0.05, 0.1) is 21.7 Å². The second-order valence-electron chi connectivity index (χ2n) is 19.0. The quantitative estimate of drug-likeness (QED) is 0.149. The summed E-state index contributed by atoms with van der Waals surface area (Å²) in [5, 5.41) is 0. The van der Waals surface area contributed by atoms with Gasteiger partial charge in [0.15, 0.2) is 18.3 Å². The second kappa shape index (κ2) is 16.9. The first-order chi connectivity index (χ1) is 23.8. The molecule has 0 radical (unpaired) electrons. The molecule has 0 N–H and O–H groups in total. The molecule has 2 rings (SSSR count). The monoisotopic (exact) mass is 748 g/mol. The summed E-state index contributed by atoms with van der Waals surface area (Å²) in [6, 6.07) is 0. The highest BCUT2D eigenvalue weighted by Gasteiger charge is 2.55. The normalized spacial score (nSPS) is 25.6. The van der Waals surface area contributed by atoms with Gasteiger partial charge in [0.25, 0.3) is 0 Å². The SMILES string of the molecule is CC(=O)O[C@@H]1CC(C)=C(C#C[C@H](C)O[C@@H]2O[C@H](COC(=O)C(C)(C)C)[C@@H](OC(=O)C(C)(C)C)[C@H](OC(=O)C(C)(C)C)[C@H]2OC(=O)C(C)(C)C)C(C)(C)C1. The summed E-state index contributed by atoms with van der Waals surface area (Å²) in [6.07, 6.45) is -6.81. The van der Waals surface area contributed by atoms with Crippen LogP contribution in [-0.4, -0.2) is 79.4 Å². The van der Waals surface area contributed by atoms with E-state index >= 15 is 0 Å². The molecule has 12 nitrogen and oxygen atoms in total. The molecule has 0 aromatic heterocycles. The molecule has 0 amide bonds. The van der Waals surface area contributed by atoms with Gasteiger partial charge in [-0.1, -0.05) is 31.3 Å². The highest BCUT2D eigenvalue weighted by atomic mass is 16.7. The van der Waals surface area contributed by atoms with Crippen LogP contribution in [0.3, 0.4) is 0 Å². The van der Waals surface area contributed by atoms with Crippen molar-refractivity contribution < 1.29 is 57.1 Å². The van der Waals surface area contributed by atoms with Crippen molar-refractivity contribution >= 4 is 29.8 Å². The molecule has 0 unspecified atom stereocenters. The minimum Gasteiger partial charge on any atom is -0.462 e. The fraction of sp³-hybridized carbons (Fsp3) is 0.780. The summed E-state index contributed by atoms with van der Waals surface area (Å²) in [4.78, 5) is 65.1. The van der Waals surface area contributed by atoms with Gasteiger partial charge >= 0.3 is 29.8 Å². The fourth-order valence-electron chi connectivity index (χ4n) is 5.57. The minimum atomic E-state index is -1.43. The van der Waals surface area contributed by atoms with Crippen molar-refractivity contribution in [3.63, 3.8) is 0 Å². The molecule has 0 aromatic rings. The van der Waals surface area contributed by atoms with E-state index in [0.29, 0.717) is 12.8 Å². The van der Waals surface area contributed by atoms with Gasteiger partial charge in [-0.25, -0.2) is 0 Å². The molecule has 300 valence electrons. The number of hydrogen-bond donors (Lipinski definition) is 0. The molecule has 0 saturated carbocycles. The van der Waals surface area contributed by atoms with Crippen LogP contribution in [0.25, 0.3) is 0 Å². The molecule has 1 saturated heterocycles. The molecule has 1 aliphatic heterocycles. The van der Waals surface area contributed by atoms with E-state index in [4.69, 9.17) is 33.2 Å². The number of hydrogen-bond acceptors (Lipinski definition) is 12. The van der Waals surface area contributed by atoms with Gasteiger partial charge in [-0.3, -0.25) is 24.0 Å². The van der Waals surface area contributed by atoms with Gasteiger partial charge in [-0.05, 0) is 103 Å². The Bertz CT molecular complexity index is 1460. The van der Waals surface area contributed by atoms with Gasteiger partial charge in [0.2, 0.25) is 6.29 Å². The van der Waals surface area contributed by atoms with Crippen molar-refractivity contribution in [3.8, 4) is 11.8 Å². The van der Waals surface area contributed by atoms with Crippen LogP contribution in [0.4, 0.5) is 0 Å². The van der Waals surface area contributed by atoms with E-state index in [1.807, 2.05) is 20.8 Å². The zero-order chi connectivity index (χ0) is 41.1. The number of carbonyl (C=O) groups excluding carboxylic acids is 5. The van der Waals surface area contributed by atoms with Crippen molar-refractivity contribution in [2.75, 3.05) is 6.61 Å². The van der Waals surface area contributed by atoms with Gasteiger partial charge in [0.1, 0.15) is 24.9 Å². The van der Waals surface area contributed by atoms with Crippen molar-refractivity contribution in [3.05, 3.63) is 11.1 Å². The van der Waals surface area contributed by atoms with Crippen LogP contribution in [0.2, 0.25) is 0 Å². The van der Waals surface area contributed by atoms with Gasteiger partial charge < -0.3 is 33.2 Å². The Morgan fingerprint density at radius 3 is 1.62 bits per heavy atom. The lowest BCUT2D eigenvalue weighted by molar-refractivity contribution is -0.315. The van der Waals surface area contributed by atoms with Crippen molar-refractivity contribution in [2.45, 2.75) is 173 Å². The minimum absolute atomic E-state index is 0.256. The standard InChI is InChI=1S/C41H64O12/c1-23-20-26(49-25(3)42)21-41(16,17)27(23)19-18-24(2)48-32-31(53-36(46)40(13,14)15)30(52-35(45)39(10,11)12)29(51-34(44)38(7,8)9)28(50-32)22-47-33(43)37(4,5)6/h24,26,28-32H,20-22H2,1-17H3/t24-,26+,28+,29+,30-,31+,32+/m0/s1. The average molecular weight is 749 g/mol.